The van der Waals surface area contributed by atoms with Crippen LogP contribution in [0.5, 0.6) is 0 Å². The molecule has 0 saturated carbocycles. The lowest BCUT2D eigenvalue weighted by Crippen LogP contribution is -2.53. The Balaban J connectivity index is 3.10. The van der Waals surface area contributed by atoms with Gasteiger partial charge in [-0.25, -0.2) is 0 Å². The van der Waals surface area contributed by atoms with Gasteiger partial charge in [0.05, 0.1) is 12.2 Å². The van der Waals surface area contributed by atoms with Gasteiger partial charge in [0, 0.05) is 5.92 Å². The zero-order valence-corrected chi connectivity index (χ0v) is 21.2. The van der Waals surface area contributed by atoms with Crippen molar-refractivity contribution in [2.24, 2.45) is 11.8 Å². The smallest absolute Gasteiger partial charge is 0.192 e. The second kappa shape index (κ2) is 7.25. The average Bonchev–Trinajstić information content (AvgIpc) is 2.37. The van der Waals surface area contributed by atoms with Gasteiger partial charge in [0.2, 0.25) is 0 Å². The van der Waals surface area contributed by atoms with E-state index in [2.05, 4.69) is 94.6 Å². The molecule has 25 heavy (non-hydrogen) atoms. The van der Waals surface area contributed by atoms with Crippen molar-refractivity contribution in [3.8, 4) is 0 Å². The van der Waals surface area contributed by atoms with Gasteiger partial charge in [-0.1, -0.05) is 61.5 Å². The summed E-state index contributed by atoms with van der Waals surface area (Å²) >= 11 is 0. The summed E-state index contributed by atoms with van der Waals surface area (Å²) in [5.41, 5.74) is 1.39. The second-order valence-electron chi connectivity index (χ2n) is 11.3. The van der Waals surface area contributed by atoms with Crippen LogP contribution in [0.3, 0.4) is 0 Å². The van der Waals surface area contributed by atoms with E-state index >= 15 is 0 Å². The van der Waals surface area contributed by atoms with E-state index < -0.39 is 16.6 Å². The van der Waals surface area contributed by atoms with Gasteiger partial charge in [-0.3, -0.25) is 0 Å². The molecule has 0 aromatic rings. The van der Waals surface area contributed by atoms with Gasteiger partial charge >= 0.3 is 0 Å². The normalized spacial score (nSPS) is 29.6. The van der Waals surface area contributed by atoms with Gasteiger partial charge in [0.25, 0.3) is 0 Å². The molecule has 148 valence electrons. The Bertz CT molecular complexity index is 495. The van der Waals surface area contributed by atoms with Crippen molar-refractivity contribution in [2.75, 3.05) is 0 Å². The third-order valence-corrected chi connectivity index (χ3v) is 15.9. The van der Waals surface area contributed by atoms with E-state index in [-0.39, 0.29) is 22.3 Å². The molecule has 1 aliphatic carbocycles. The fourth-order valence-electron chi connectivity index (χ4n) is 3.10. The minimum Gasteiger partial charge on any atom is -0.413 e. The predicted octanol–water partition coefficient (Wildman–Crippen LogP) is 7.00. The average molecular weight is 385 g/mol. The fraction of sp³-hybridized carbons (Fsp3) is 0.905. The highest BCUT2D eigenvalue weighted by atomic mass is 28.4. The first-order valence-electron chi connectivity index (χ1n) is 9.95. The van der Waals surface area contributed by atoms with Crippen LogP contribution >= 0.6 is 0 Å². The Hall–Kier alpha value is 0.0938. The van der Waals surface area contributed by atoms with Crippen molar-refractivity contribution >= 4 is 16.6 Å². The molecule has 0 bridgehead atoms. The summed E-state index contributed by atoms with van der Waals surface area (Å²) in [4.78, 5) is 0. The van der Waals surface area contributed by atoms with E-state index in [1.807, 2.05) is 0 Å². The third kappa shape index (κ3) is 5.08. The molecule has 0 aliphatic heterocycles. The van der Waals surface area contributed by atoms with Gasteiger partial charge in [0.15, 0.2) is 16.6 Å². The third-order valence-electron chi connectivity index (χ3n) is 6.95. The van der Waals surface area contributed by atoms with E-state index in [9.17, 15) is 0 Å². The van der Waals surface area contributed by atoms with Crippen LogP contribution in [0.25, 0.3) is 0 Å². The first-order chi connectivity index (χ1) is 10.9. The molecule has 0 radical (unpaired) electrons. The Morgan fingerprint density at radius 1 is 0.800 bits per heavy atom. The van der Waals surface area contributed by atoms with E-state index in [1.54, 1.807) is 0 Å². The monoisotopic (exact) mass is 384 g/mol. The molecule has 0 aromatic carbocycles. The maximum atomic E-state index is 6.88. The van der Waals surface area contributed by atoms with E-state index in [4.69, 9.17) is 8.85 Å². The molecule has 0 saturated heterocycles. The second-order valence-corrected chi connectivity index (χ2v) is 20.8. The highest BCUT2D eigenvalue weighted by molar-refractivity contribution is 6.74. The topological polar surface area (TPSA) is 18.5 Å². The van der Waals surface area contributed by atoms with Crippen LogP contribution in [-0.2, 0) is 8.85 Å². The van der Waals surface area contributed by atoms with Gasteiger partial charge in [-0.05, 0) is 54.7 Å². The van der Waals surface area contributed by atoms with Gasteiger partial charge < -0.3 is 8.85 Å². The van der Waals surface area contributed by atoms with Crippen molar-refractivity contribution in [3.05, 3.63) is 11.6 Å². The SMILES string of the molecule is CC1=C[C@H](C)[C@@H](O[Si](C)(C)C(C)(C)C)[C@H](C)[C@@H]1O[Si](C)(C)C(C)(C)C. The summed E-state index contributed by atoms with van der Waals surface area (Å²) in [5, 5.41) is 0.463. The maximum absolute atomic E-state index is 6.88. The number of rotatable bonds is 4. The van der Waals surface area contributed by atoms with Gasteiger partial charge in [-0.2, -0.15) is 0 Å². The molecular formula is C21H44O2Si2. The lowest BCUT2D eigenvalue weighted by molar-refractivity contribution is 0.0207. The Morgan fingerprint density at radius 3 is 1.60 bits per heavy atom. The summed E-state index contributed by atoms with van der Waals surface area (Å²) < 4.78 is 13.7. The van der Waals surface area contributed by atoms with Crippen LogP contribution in [0.1, 0.15) is 62.3 Å². The van der Waals surface area contributed by atoms with E-state index in [0.29, 0.717) is 11.8 Å². The lowest BCUT2D eigenvalue weighted by atomic mass is 9.80. The molecule has 1 rings (SSSR count). The first kappa shape index (κ1) is 23.1. The number of hydrogen-bond acceptors (Lipinski definition) is 2. The minimum absolute atomic E-state index is 0.187. The van der Waals surface area contributed by atoms with Gasteiger partial charge in [-0.15, -0.1) is 0 Å². The lowest BCUT2D eigenvalue weighted by Gasteiger charge is -2.48. The van der Waals surface area contributed by atoms with Gasteiger partial charge in [0.1, 0.15) is 0 Å². The maximum Gasteiger partial charge on any atom is 0.192 e. The summed E-state index contributed by atoms with van der Waals surface area (Å²) in [7, 11) is -3.60. The van der Waals surface area contributed by atoms with Crippen molar-refractivity contribution < 1.29 is 8.85 Å². The summed E-state index contributed by atoms with van der Waals surface area (Å²) in [5.74, 6) is 0.839. The standard InChI is InChI=1S/C21H44O2Si2/c1-15-14-16(2)19(23-25(12,13)21(7,8)9)17(3)18(15)22-24(10,11)20(4,5)6/h14-15,17-19H,1-13H3/t15-,17-,18+,19+/m0/s1. The van der Waals surface area contributed by atoms with Crippen molar-refractivity contribution in [3.63, 3.8) is 0 Å². The Labute approximate surface area is 160 Å². The summed E-state index contributed by atoms with van der Waals surface area (Å²) in [6.45, 7) is 30.2. The zero-order chi connectivity index (χ0) is 20.0. The predicted molar refractivity (Wildman–Crippen MR) is 116 cm³/mol. The Morgan fingerprint density at radius 2 is 1.20 bits per heavy atom. The molecular weight excluding hydrogens is 340 g/mol. The van der Waals surface area contributed by atoms with Crippen LogP contribution in [0.4, 0.5) is 0 Å². The van der Waals surface area contributed by atoms with Crippen molar-refractivity contribution in [1.29, 1.82) is 0 Å². The molecule has 0 heterocycles. The molecule has 2 nitrogen and oxygen atoms in total. The molecule has 0 fully saturated rings. The summed E-state index contributed by atoms with van der Waals surface area (Å²) in [6.07, 6.45) is 2.83. The van der Waals surface area contributed by atoms with Crippen molar-refractivity contribution in [1.82, 2.24) is 0 Å². The molecule has 4 heteroatoms. The van der Waals surface area contributed by atoms with E-state index in [0.717, 1.165) is 0 Å². The van der Waals surface area contributed by atoms with Crippen LogP contribution in [0.15, 0.2) is 11.6 Å². The summed E-state index contributed by atoms with van der Waals surface area (Å²) in [6, 6.07) is 0. The molecule has 4 atom stereocenters. The molecule has 0 amide bonds. The van der Waals surface area contributed by atoms with E-state index in [1.165, 1.54) is 5.57 Å². The zero-order valence-electron chi connectivity index (χ0n) is 19.2. The first-order valence-corrected chi connectivity index (χ1v) is 15.8. The Kier molecular flexibility index (Phi) is 6.71. The van der Waals surface area contributed by atoms with Crippen LogP contribution in [0.2, 0.25) is 36.3 Å². The number of hydrogen-bond donors (Lipinski definition) is 0. The highest BCUT2D eigenvalue weighted by Gasteiger charge is 2.47. The molecule has 0 aromatic heterocycles. The molecule has 1 aliphatic rings. The van der Waals surface area contributed by atoms with Crippen LogP contribution < -0.4 is 0 Å². The molecule has 0 N–H and O–H groups in total. The molecule has 0 unspecified atom stereocenters. The highest BCUT2D eigenvalue weighted by Crippen LogP contribution is 2.44. The minimum atomic E-state index is -1.81. The van der Waals surface area contributed by atoms with Crippen LogP contribution in [-0.4, -0.2) is 28.8 Å². The fourth-order valence-corrected chi connectivity index (χ4v) is 5.95. The van der Waals surface area contributed by atoms with Crippen molar-refractivity contribution in [2.45, 2.75) is 111 Å². The quantitative estimate of drug-likeness (QED) is 0.384. The molecule has 0 spiro atoms. The van der Waals surface area contributed by atoms with Crippen LogP contribution in [0, 0.1) is 11.8 Å². The largest absolute Gasteiger partial charge is 0.413 e.